The van der Waals surface area contributed by atoms with Gasteiger partial charge in [0, 0.05) is 16.0 Å². The number of benzene rings is 2. The average molecular weight is 358 g/mol. The van der Waals surface area contributed by atoms with Gasteiger partial charge in [-0.05, 0) is 36.8 Å². The molecule has 0 spiro atoms. The molecule has 0 aliphatic carbocycles. The molecule has 0 bridgehead atoms. The molecule has 3 aromatic rings. The molecule has 0 aliphatic rings. The number of carbonyl (C=O) groups excluding carboxylic acids is 2. The molecule has 1 heterocycles. The van der Waals surface area contributed by atoms with Crippen molar-refractivity contribution in [3.63, 3.8) is 0 Å². The monoisotopic (exact) mass is 357 g/mol. The van der Waals surface area contributed by atoms with Crippen LogP contribution < -0.4 is 5.32 Å². The van der Waals surface area contributed by atoms with Crippen molar-refractivity contribution < 1.29 is 18.7 Å². The summed E-state index contributed by atoms with van der Waals surface area (Å²) in [6.45, 7) is 1.89. The van der Waals surface area contributed by atoms with E-state index in [9.17, 15) is 9.59 Å². The number of esters is 1. The van der Waals surface area contributed by atoms with Gasteiger partial charge in [0.15, 0.2) is 0 Å². The number of fused-ring (bicyclic) bond motifs is 1. The number of halogens is 1. The Hall–Kier alpha value is -2.79. The third-order valence-corrected chi connectivity index (χ3v) is 4.30. The zero-order chi connectivity index (χ0) is 18.0. The van der Waals surface area contributed by atoms with E-state index in [1.165, 1.54) is 7.11 Å². The molecule has 1 N–H and O–H groups in total. The number of amides is 1. The summed E-state index contributed by atoms with van der Waals surface area (Å²) in [4.78, 5) is 24.2. The molecule has 0 aliphatic heterocycles. The Bertz CT molecular complexity index is 961. The van der Waals surface area contributed by atoms with Crippen molar-refractivity contribution >= 4 is 40.1 Å². The summed E-state index contributed by atoms with van der Waals surface area (Å²) in [5.41, 5.74) is 3.02. The number of furan rings is 1. The molecule has 0 saturated carbocycles. The van der Waals surface area contributed by atoms with Crippen LogP contribution in [0.15, 0.2) is 47.1 Å². The summed E-state index contributed by atoms with van der Waals surface area (Å²) in [5.74, 6) is -0.775. The predicted molar refractivity (Wildman–Crippen MR) is 96.1 cm³/mol. The van der Waals surface area contributed by atoms with Crippen molar-refractivity contribution in [1.29, 1.82) is 0 Å². The van der Waals surface area contributed by atoms with Gasteiger partial charge in [-0.2, -0.15) is 0 Å². The quantitative estimate of drug-likeness (QED) is 0.704. The van der Waals surface area contributed by atoms with E-state index < -0.39 is 5.97 Å². The van der Waals surface area contributed by atoms with Crippen molar-refractivity contribution in [2.24, 2.45) is 0 Å². The average Bonchev–Trinajstić information content (AvgIpc) is 2.96. The number of carbonyl (C=O) groups is 2. The SMILES string of the molecule is COC(=O)c1ccccc1NC(=O)Cc1coc2cc(C)c(Cl)cc12. The topological polar surface area (TPSA) is 68.5 Å². The second-order valence-electron chi connectivity index (χ2n) is 5.62. The Kier molecular flexibility index (Phi) is 4.76. The fourth-order valence-electron chi connectivity index (χ4n) is 2.59. The van der Waals surface area contributed by atoms with Crippen LogP contribution in [0.5, 0.6) is 0 Å². The number of nitrogens with one attached hydrogen (secondary N) is 1. The lowest BCUT2D eigenvalue weighted by molar-refractivity contribution is -0.115. The maximum atomic E-state index is 12.4. The van der Waals surface area contributed by atoms with Gasteiger partial charge < -0.3 is 14.5 Å². The highest BCUT2D eigenvalue weighted by atomic mass is 35.5. The molecule has 5 nitrogen and oxygen atoms in total. The number of hydrogen-bond donors (Lipinski definition) is 1. The van der Waals surface area contributed by atoms with Gasteiger partial charge in [-0.15, -0.1) is 0 Å². The fraction of sp³-hybridized carbons (Fsp3) is 0.158. The van der Waals surface area contributed by atoms with Crippen molar-refractivity contribution in [3.05, 3.63) is 64.4 Å². The number of rotatable bonds is 4. The zero-order valence-electron chi connectivity index (χ0n) is 13.8. The summed E-state index contributed by atoms with van der Waals surface area (Å²) in [7, 11) is 1.30. The van der Waals surface area contributed by atoms with Gasteiger partial charge in [0.05, 0.1) is 31.0 Å². The minimum absolute atomic E-state index is 0.0991. The Morgan fingerprint density at radius 3 is 2.76 bits per heavy atom. The molecular formula is C19H16ClNO4. The smallest absolute Gasteiger partial charge is 0.339 e. The molecule has 1 amide bonds. The van der Waals surface area contributed by atoms with Gasteiger partial charge in [0.1, 0.15) is 5.58 Å². The normalized spacial score (nSPS) is 10.7. The predicted octanol–water partition coefficient (Wildman–Crippen LogP) is 4.36. The van der Waals surface area contributed by atoms with Gasteiger partial charge >= 0.3 is 5.97 Å². The third kappa shape index (κ3) is 3.51. The molecular weight excluding hydrogens is 342 g/mol. The largest absolute Gasteiger partial charge is 0.465 e. The molecule has 25 heavy (non-hydrogen) atoms. The number of anilines is 1. The highest BCUT2D eigenvalue weighted by Gasteiger charge is 2.16. The first-order valence-corrected chi connectivity index (χ1v) is 8.01. The molecule has 0 radical (unpaired) electrons. The lowest BCUT2D eigenvalue weighted by Crippen LogP contribution is -2.17. The maximum absolute atomic E-state index is 12.4. The Labute approximate surface area is 149 Å². The molecule has 1 aromatic heterocycles. The van der Waals surface area contributed by atoms with Crippen molar-refractivity contribution in [2.45, 2.75) is 13.3 Å². The summed E-state index contributed by atoms with van der Waals surface area (Å²) >= 11 is 6.16. The van der Waals surface area contributed by atoms with E-state index in [0.29, 0.717) is 21.9 Å². The molecule has 128 valence electrons. The first-order chi connectivity index (χ1) is 12.0. The van der Waals surface area contributed by atoms with Crippen molar-refractivity contribution in [2.75, 3.05) is 12.4 Å². The molecule has 0 unspecified atom stereocenters. The van der Waals surface area contributed by atoms with Crippen LogP contribution >= 0.6 is 11.6 Å². The lowest BCUT2D eigenvalue weighted by atomic mass is 10.1. The number of para-hydroxylation sites is 1. The van der Waals surface area contributed by atoms with E-state index >= 15 is 0 Å². The minimum atomic E-state index is -0.507. The number of ether oxygens (including phenoxy) is 1. The standard InChI is InChI=1S/C19H16ClNO4/c1-11-7-17-14(9-15(11)20)12(10-25-17)8-18(22)21-16-6-4-3-5-13(16)19(23)24-2/h3-7,9-10H,8H2,1-2H3,(H,21,22). The van der Waals surface area contributed by atoms with Gasteiger partial charge in [-0.25, -0.2) is 4.79 Å². The van der Waals surface area contributed by atoms with Gasteiger partial charge in [0.2, 0.25) is 5.91 Å². The van der Waals surface area contributed by atoms with Crippen LogP contribution in [0, 0.1) is 6.92 Å². The van der Waals surface area contributed by atoms with E-state index in [-0.39, 0.29) is 12.3 Å². The van der Waals surface area contributed by atoms with E-state index in [4.69, 9.17) is 20.8 Å². The zero-order valence-corrected chi connectivity index (χ0v) is 14.5. The second-order valence-corrected chi connectivity index (χ2v) is 6.03. The van der Waals surface area contributed by atoms with Crippen molar-refractivity contribution in [3.8, 4) is 0 Å². The van der Waals surface area contributed by atoms with Crippen LogP contribution in [0.25, 0.3) is 11.0 Å². The van der Waals surface area contributed by atoms with E-state index in [1.54, 1.807) is 36.6 Å². The first kappa shape index (κ1) is 17.0. The molecule has 0 saturated heterocycles. The molecule has 6 heteroatoms. The summed E-state index contributed by atoms with van der Waals surface area (Å²) < 4.78 is 10.2. The summed E-state index contributed by atoms with van der Waals surface area (Å²) in [6.07, 6.45) is 1.65. The Morgan fingerprint density at radius 1 is 1.24 bits per heavy atom. The number of hydrogen-bond acceptors (Lipinski definition) is 4. The first-order valence-electron chi connectivity index (χ1n) is 7.63. The van der Waals surface area contributed by atoms with Gasteiger partial charge in [-0.1, -0.05) is 23.7 Å². The molecule has 2 aromatic carbocycles. The number of methoxy groups -OCH3 is 1. The molecule has 0 fully saturated rings. The minimum Gasteiger partial charge on any atom is -0.465 e. The van der Waals surface area contributed by atoms with Crippen LogP contribution in [-0.4, -0.2) is 19.0 Å². The van der Waals surface area contributed by atoms with Crippen LogP contribution in [0.4, 0.5) is 5.69 Å². The lowest BCUT2D eigenvalue weighted by Gasteiger charge is -2.09. The van der Waals surface area contributed by atoms with Gasteiger partial charge in [0.25, 0.3) is 0 Å². The van der Waals surface area contributed by atoms with Gasteiger partial charge in [-0.3, -0.25) is 4.79 Å². The highest BCUT2D eigenvalue weighted by molar-refractivity contribution is 6.32. The second kappa shape index (κ2) is 6.99. The van der Waals surface area contributed by atoms with Crippen LogP contribution in [0.1, 0.15) is 21.5 Å². The van der Waals surface area contributed by atoms with Crippen molar-refractivity contribution in [1.82, 2.24) is 0 Å². The summed E-state index contributed by atoms with van der Waals surface area (Å²) in [6, 6.07) is 10.3. The fourth-order valence-corrected chi connectivity index (χ4v) is 2.75. The Morgan fingerprint density at radius 2 is 2.00 bits per heavy atom. The molecule has 3 rings (SSSR count). The summed E-state index contributed by atoms with van der Waals surface area (Å²) in [5, 5.41) is 4.16. The van der Waals surface area contributed by atoms with Crippen LogP contribution in [0.2, 0.25) is 5.02 Å². The number of aryl methyl sites for hydroxylation is 1. The van der Waals surface area contributed by atoms with Crippen LogP contribution in [0.3, 0.4) is 0 Å². The molecule has 0 atom stereocenters. The van der Waals surface area contributed by atoms with Crippen LogP contribution in [-0.2, 0) is 16.0 Å². The maximum Gasteiger partial charge on any atom is 0.339 e. The van der Waals surface area contributed by atoms with E-state index in [0.717, 1.165) is 16.5 Å². The van der Waals surface area contributed by atoms with E-state index in [1.807, 2.05) is 13.0 Å². The third-order valence-electron chi connectivity index (χ3n) is 3.89. The Balaban J connectivity index is 1.82. The van der Waals surface area contributed by atoms with E-state index in [2.05, 4.69) is 5.32 Å². The highest BCUT2D eigenvalue weighted by Crippen LogP contribution is 2.28.